The van der Waals surface area contributed by atoms with Crippen molar-refractivity contribution in [3.8, 4) is 0 Å². The fraction of sp³-hybridized carbons (Fsp3) is 0.500. The molecule has 220 valence electrons. The molecule has 0 radical (unpaired) electrons. The van der Waals surface area contributed by atoms with E-state index in [0.717, 1.165) is 30.5 Å². The highest BCUT2D eigenvalue weighted by Gasteiger charge is 2.36. The molecule has 0 spiro atoms. The number of ether oxygens (including phenoxy) is 2. The summed E-state index contributed by atoms with van der Waals surface area (Å²) in [4.78, 5) is 35.6. The Kier molecular flexibility index (Phi) is 14.5. The lowest BCUT2D eigenvalue weighted by atomic mass is 10.0. The van der Waals surface area contributed by atoms with E-state index < -0.39 is 36.7 Å². The van der Waals surface area contributed by atoms with Gasteiger partial charge in [0.15, 0.2) is 12.2 Å². The lowest BCUT2D eigenvalue weighted by Crippen LogP contribution is -2.49. The van der Waals surface area contributed by atoms with Crippen molar-refractivity contribution in [1.82, 2.24) is 5.32 Å². The zero-order chi connectivity index (χ0) is 29.5. The summed E-state index contributed by atoms with van der Waals surface area (Å²) in [6, 6.07) is 12.1. The molecular weight excluding hydrogens is 536 g/mol. The number of amides is 1. The van der Waals surface area contributed by atoms with Crippen LogP contribution in [0.15, 0.2) is 36.4 Å². The quantitative estimate of drug-likeness (QED) is 0.173. The number of aliphatic carboxylic acids is 2. The topological polar surface area (TPSA) is 134 Å². The van der Waals surface area contributed by atoms with E-state index in [1.807, 2.05) is 25.1 Å². The minimum Gasteiger partial charge on any atom is -0.480 e. The van der Waals surface area contributed by atoms with Gasteiger partial charge in [-0.25, -0.2) is 9.59 Å². The first-order chi connectivity index (χ1) is 19.1. The van der Waals surface area contributed by atoms with Gasteiger partial charge in [-0.1, -0.05) is 42.3 Å². The average molecular weight is 577 g/mol. The molecule has 2 unspecified atom stereocenters. The second-order valence-corrected chi connectivity index (χ2v) is 10.3. The third-order valence-electron chi connectivity index (χ3n) is 6.55. The van der Waals surface area contributed by atoms with Gasteiger partial charge < -0.3 is 30.3 Å². The predicted octanol–water partition coefficient (Wildman–Crippen LogP) is 4.93. The molecule has 1 amide bonds. The Morgan fingerprint density at radius 2 is 1.55 bits per heavy atom. The normalized spacial score (nSPS) is 12.5. The molecule has 10 heteroatoms. The molecule has 0 heterocycles. The van der Waals surface area contributed by atoms with E-state index in [9.17, 15) is 19.5 Å². The molecular formula is C30H41ClN2O7. The molecule has 0 bridgehead atoms. The molecule has 9 nitrogen and oxygen atoms in total. The maximum absolute atomic E-state index is 12.9. The van der Waals surface area contributed by atoms with Crippen molar-refractivity contribution < 1.29 is 34.1 Å². The molecule has 0 fully saturated rings. The molecule has 2 rings (SSSR count). The lowest BCUT2D eigenvalue weighted by molar-refractivity contribution is -0.172. The fourth-order valence-corrected chi connectivity index (χ4v) is 4.21. The van der Waals surface area contributed by atoms with Crippen molar-refractivity contribution in [3.63, 3.8) is 0 Å². The number of carbonyl (C=O) groups excluding carboxylic acids is 1. The van der Waals surface area contributed by atoms with Crippen LogP contribution in [-0.2, 0) is 30.3 Å². The third kappa shape index (κ3) is 11.9. The van der Waals surface area contributed by atoms with E-state index in [1.54, 1.807) is 0 Å². The van der Waals surface area contributed by atoms with Crippen LogP contribution < -0.4 is 10.6 Å². The number of carbonyl (C=O) groups is 3. The second-order valence-electron chi connectivity index (χ2n) is 9.87. The van der Waals surface area contributed by atoms with Crippen molar-refractivity contribution in [2.45, 2.75) is 71.5 Å². The minimum atomic E-state index is -1.74. The van der Waals surface area contributed by atoms with Gasteiger partial charge in [0.25, 0.3) is 5.91 Å². The summed E-state index contributed by atoms with van der Waals surface area (Å²) in [5, 5.41) is 25.2. The summed E-state index contributed by atoms with van der Waals surface area (Å²) in [7, 11) is 0. The molecule has 2 atom stereocenters. The van der Waals surface area contributed by atoms with Crippen LogP contribution in [0.4, 0.5) is 5.69 Å². The second kappa shape index (κ2) is 17.5. The highest BCUT2D eigenvalue weighted by Crippen LogP contribution is 2.20. The van der Waals surface area contributed by atoms with Gasteiger partial charge in [0, 0.05) is 30.4 Å². The maximum Gasteiger partial charge on any atom is 0.336 e. The molecule has 40 heavy (non-hydrogen) atoms. The van der Waals surface area contributed by atoms with Crippen LogP contribution in [0.1, 0.15) is 54.4 Å². The van der Waals surface area contributed by atoms with Gasteiger partial charge in [-0.15, -0.1) is 0 Å². The van der Waals surface area contributed by atoms with Crippen LogP contribution in [0.25, 0.3) is 0 Å². The Hall–Kier alpha value is -3.14. The van der Waals surface area contributed by atoms with E-state index in [1.165, 1.54) is 16.7 Å². The van der Waals surface area contributed by atoms with Crippen LogP contribution in [-0.4, -0.2) is 66.6 Å². The first-order valence-corrected chi connectivity index (χ1v) is 14.0. The first-order valence-electron chi connectivity index (χ1n) is 13.6. The number of benzene rings is 2. The van der Waals surface area contributed by atoms with Crippen LogP contribution in [0.5, 0.6) is 0 Å². The van der Waals surface area contributed by atoms with Gasteiger partial charge in [-0.05, 0) is 87.3 Å². The zero-order valence-electron chi connectivity index (χ0n) is 23.5. The fourth-order valence-electron chi connectivity index (χ4n) is 4.02. The Morgan fingerprint density at radius 1 is 0.825 bits per heavy atom. The van der Waals surface area contributed by atoms with Crippen molar-refractivity contribution in [3.05, 3.63) is 63.7 Å². The summed E-state index contributed by atoms with van der Waals surface area (Å²) in [5.41, 5.74) is 5.68. The largest absolute Gasteiger partial charge is 0.480 e. The van der Waals surface area contributed by atoms with Gasteiger partial charge in [-0.2, -0.15) is 0 Å². The van der Waals surface area contributed by atoms with E-state index in [4.69, 9.17) is 26.2 Å². The zero-order valence-corrected chi connectivity index (χ0v) is 24.3. The van der Waals surface area contributed by atoms with E-state index in [-0.39, 0.29) is 6.61 Å². The Morgan fingerprint density at radius 3 is 2.23 bits per heavy atom. The maximum atomic E-state index is 12.9. The number of unbranched alkanes of at least 4 members (excludes halogenated alkanes) is 3. The monoisotopic (exact) mass is 576 g/mol. The van der Waals surface area contributed by atoms with Crippen LogP contribution in [0.3, 0.4) is 0 Å². The summed E-state index contributed by atoms with van der Waals surface area (Å²) in [6.45, 7) is 6.32. The molecule has 0 saturated carbocycles. The molecule has 0 aromatic heterocycles. The number of hydrogen-bond acceptors (Lipinski definition) is 6. The molecule has 0 aliphatic carbocycles. The Labute approximate surface area is 241 Å². The molecule has 2 aromatic carbocycles. The lowest BCUT2D eigenvalue weighted by Gasteiger charge is -2.23. The number of carboxylic acids is 2. The first kappa shape index (κ1) is 33.1. The molecule has 0 aliphatic rings. The number of carboxylic acid groups (broad SMARTS) is 2. The Balaban J connectivity index is 1.81. The number of halogens is 1. The van der Waals surface area contributed by atoms with Crippen molar-refractivity contribution in [2.24, 2.45) is 0 Å². The molecule has 0 aliphatic heterocycles. The van der Waals surface area contributed by atoms with Crippen LogP contribution >= 0.6 is 11.6 Å². The highest BCUT2D eigenvalue weighted by atomic mass is 35.5. The summed E-state index contributed by atoms with van der Waals surface area (Å²) >= 11 is 6.14. The van der Waals surface area contributed by atoms with Gasteiger partial charge in [0.2, 0.25) is 0 Å². The van der Waals surface area contributed by atoms with Gasteiger partial charge in [0.1, 0.15) is 6.61 Å². The van der Waals surface area contributed by atoms with Crippen molar-refractivity contribution >= 4 is 35.1 Å². The van der Waals surface area contributed by atoms with Crippen molar-refractivity contribution in [1.29, 1.82) is 0 Å². The van der Waals surface area contributed by atoms with E-state index in [2.05, 4.69) is 42.7 Å². The number of hydrogen-bond donors (Lipinski definition) is 4. The standard InChI is InChI=1S/C30H41ClN2O7/c1-20-10-12-23(17-22(20)3)9-5-4-6-15-33-29(36)27(28(30(37)38)40-19-26(34)35)39-16-8-7-14-32-24-13-11-21(2)25(31)18-24/h10-13,17-18,27-28,32H,4-9,14-16,19H2,1-3H3,(H,33,36)(H,34,35)(H,37,38). The highest BCUT2D eigenvalue weighted by molar-refractivity contribution is 6.31. The number of anilines is 1. The Bertz CT molecular complexity index is 1130. The van der Waals surface area contributed by atoms with Gasteiger partial charge in [0.05, 0.1) is 0 Å². The number of aryl methyl sites for hydroxylation is 4. The number of rotatable bonds is 19. The third-order valence-corrected chi connectivity index (χ3v) is 6.95. The summed E-state index contributed by atoms with van der Waals surface area (Å²) < 4.78 is 10.7. The van der Waals surface area contributed by atoms with Gasteiger partial charge in [-0.3, -0.25) is 4.79 Å². The molecule has 2 aromatic rings. The SMILES string of the molecule is Cc1ccc(CCCCCNC(=O)C(OCCCCNc2ccc(C)c(Cl)c2)C(OCC(=O)O)C(=O)O)cc1C. The van der Waals surface area contributed by atoms with Gasteiger partial charge >= 0.3 is 11.9 Å². The van der Waals surface area contributed by atoms with E-state index >= 15 is 0 Å². The minimum absolute atomic E-state index is 0.102. The summed E-state index contributed by atoms with van der Waals surface area (Å²) in [5.74, 6) is -3.44. The smallest absolute Gasteiger partial charge is 0.336 e. The average Bonchev–Trinajstić information content (AvgIpc) is 2.90. The predicted molar refractivity (Wildman–Crippen MR) is 155 cm³/mol. The number of nitrogens with one attached hydrogen (secondary N) is 2. The van der Waals surface area contributed by atoms with Crippen LogP contribution in [0, 0.1) is 20.8 Å². The molecule has 0 saturated heterocycles. The molecule has 4 N–H and O–H groups in total. The van der Waals surface area contributed by atoms with Crippen molar-refractivity contribution in [2.75, 3.05) is 31.6 Å². The van der Waals surface area contributed by atoms with E-state index in [0.29, 0.717) is 37.4 Å². The van der Waals surface area contributed by atoms with Crippen LogP contribution in [0.2, 0.25) is 5.02 Å². The summed E-state index contributed by atoms with van der Waals surface area (Å²) in [6.07, 6.45) is 1.51.